The first-order chi connectivity index (χ1) is 6.27. The molecule has 1 rings (SSSR count). The number of nitrogens with zero attached hydrogens (tertiary/aromatic N) is 1. The smallest absolute Gasteiger partial charge is 0.237 e. The van der Waals surface area contributed by atoms with Gasteiger partial charge >= 0.3 is 0 Å². The van der Waals surface area contributed by atoms with E-state index in [9.17, 15) is 4.79 Å². The Labute approximate surface area is 83.7 Å². The highest BCUT2D eigenvalue weighted by Gasteiger charge is 2.22. The van der Waals surface area contributed by atoms with Crippen LogP contribution in [0, 0.1) is 5.92 Å². The molecule has 0 radical (unpaired) electrons. The Kier molecular flexibility index (Phi) is 4.53. The fourth-order valence-corrected chi connectivity index (χ4v) is 1.96. The highest BCUT2D eigenvalue weighted by atomic mass is 35.5. The first kappa shape index (κ1) is 10.8. The first-order valence-electron chi connectivity index (χ1n) is 4.72. The average Bonchev–Trinajstić information content (AvgIpc) is 2.18. The zero-order valence-corrected chi connectivity index (χ0v) is 8.46. The molecule has 1 heterocycles. The summed E-state index contributed by atoms with van der Waals surface area (Å²) in [5, 5.41) is 8.77. The third kappa shape index (κ3) is 3.16. The molecule has 0 spiro atoms. The van der Waals surface area contributed by atoms with Crippen molar-refractivity contribution in [3.05, 3.63) is 0 Å². The van der Waals surface area contributed by atoms with Crippen LogP contribution in [0.1, 0.15) is 19.3 Å². The van der Waals surface area contributed by atoms with Crippen molar-refractivity contribution in [2.75, 3.05) is 25.6 Å². The summed E-state index contributed by atoms with van der Waals surface area (Å²) in [5.74, 6) is 0.557. The van der Waals surface area contributed by atoms with E-state index in [0.717, 1.165) is 32.4 Å². The summed E-state index contributed by atoms with van der Waals surface area (Å²) in [5.41, 5.74) is 0. The summed E-state index contributed by atoms with van der Waals surface area (Å²) in [6.07, 6.45) is 2.95. The van der Waals surface area contributed by atoms with E-state index >= 15 is 0 Å². The zero-order chi connectivity index (χ0) is 9.68. The molecule has 0 aliphatic carbocycles. The molecule has 13 heavy (non-hydrogen) atoms. The van der Waals surface area contributed by atoms with E-state index in [0.29, 0.717) is 5.92 Å². The SMILES string of the molecule is O=C(CCl)N1CCCC(CCO)C1. The standard InChI is InChI=1S/C9H16ClNO2/c10-6-9(13)11-4-1-2-8(7-11)3-5-12/h8,12H,1-7H2. The van der Waals surface area contributed by atoms with E-state index < -0.39 is 0 Å². The number of alkyl halides is 1. The number of aliphatic hydroxyl groups is 1. The summed E-state index contributed by atoms with van der Waals surface area (Å²) >= 11 is 5.47. The zero-order valence-electron chi connectivity index (χ0n) is 7.71. The van der Waals surface area contributed by atoms with Crippen LogP contribution in [0.3, 0.4) is 0 Å². The average molecular weight is 206 g/mol. The van der Waals surface area contributed by atoms with Gasteiger partial charge in [-0.3, -0.25) is 4.79 Å². The van der Waals surface area contributed by atoms with Crippen molar-refractivity contribution >= 4 is 17.5 Å². The molecule has 1 aliphatic rings. The molecule has 1 unspecified atom stereocenters. The Morgan fingerprint density at radius 3 is 3.00 bits per heavy atom. The van der Waals surface area contributed by atoms with Crippen LogP contribution in [0.4, 0.5) is 0 Å². The van der Waals surface area contributed by atoms with Crippen LogP contribution >= 0.6 is 11.6 Å². The summed E-state index contributed by atoms with van der Waals surface area (Å²) < 4.78 is 0. The Bertz CT molecular complexity index is 173. The normalized spacial score (nSPS) is 23.2. The van der Waals surface area contributed by atoms with E-state index in [1.807, 2.05) is 0 Å². The van der Waals surface area contributed by atoms with Crippen molar-refractivity contribution in [1.82, 2.24) is 4.90 Å². The van der Waals surface area contributed by atoms with Gasteiger partial charge in [-0.05, 0) is 25.2 Å². The van der Waals surface area contributed by atoms with Crippen LogP contribution in [0.15, 0.2) is 0 Å². The van der Waals surface area contributed by atoms with E-state index in [1.54, 1.807) is 4.90 Å². The molecule has 0 aromatic heterocycles. The molecular formula is C9H16ClNO2. The lowest BCUT2D eigenvalue weighted by Crippen LogP contribution is -2.40. The number of carbonyl (C=O) groups excluding carboxylic acids is 1. The summed E-state index contributed by atoms with van der Waals surface area (Å²) in [7, 11) is 0. The van der Waals surface area contributed by atoms with E-state index in [2.05, 4.69) is 0 Å². The number of rotatable bonds is 3. The highest BCUT2D eigenvalue weighted by molar-refractivity contribution is 6.27. The summed E-state index contributed by atoms with van der Waals surface area (Å²) in [6.45, 7) is 1.81. The van der Waals surface area contributed by atoms with E-state index in [-0.39, 0.29) is 18.4 Å². The second kappa shape index (κ2) is 5.45. The molecule has 4 heteroatoms. The number of hydrogen-bond donors (Lipinski definition) is 1. The number of hydrogen-bond acceptors (Lipinski definition) is 2. The van der Waals surface area contributed by atoms with Crippen molar-refractivity contribution in [2.45, 2.75) is 19.3 Å². The van der Waals surface area contributed by atoms with Gasteiger partial charge in [-0.2, -0.15) is 0 Å². The molecular weight excluding hydrogens is 190 g/mol. The van der Waals surface area contributed by atoms with Crippen LogP contribution < -0.4 is 0 Å². The van der Waals surface area contributed by atoms with Crippen molar-refractivity contribution in [3.63, 3.8) is 0 Å². The van der Waals surface area contributed by atoms with Gasteiger partial charge in [-0.15, -0.1) is 11.6 Å². The van der Waals surface area contributed by atoms with Crippen molar-refractivity contribution < 1.29 is 9.90 Å². The van der Waals surface area contributed by atoms with E-state index in [4.69, 9.17) is 16.7 Å². The minimum absolute atomic E-state index is 0.0179. The fourth-order valence-electron chi connectivity index (χ4n) is 1.79. The maximum absolute atomic E-state index is 11.2. The molecule has 1 N–H and O–H groups in total. The molecule has 0 bridgehead atoms. The molecule has 0 aromatic rings. The highest BCUT2D eigenvalue weighted by Crippen LogP contribution is 2.19. The van der Waals surface area contributed by atoms with Crippen LogP contribution in [0.5, 0.6) is 0 Å². The van der Waals surface area contributed by atoms with Gasteiger partial charge in [0.25, 0.3) is 0 Å². The van der Waals surface area contributed by atoms with Crippen LogP contribution in [0.25, 0.3) is 0 Å². The van der Waals surface area contributed by atoms with Gasteiger partial charge in [0.1, 0.15) is 5.88 Å². The minimum Gasteiger partial charge on any atom is -0.396 e. The molecule has 1 atom stereocenters. The third-order valence-electron chi connectivity index (χ3n) is 2.52. The van der Waals surface area contributed by atoms with Crippen molar-refractivity contribution in [2.24, 2.45) is 5.92 Å². The maximum Gasteiger partial charge on any atom is 0.237 e. The number of likely N-dealkylation sites (tertiary alicyclic amines) is 1. The van der Waals surface area contributed by atoms with Gasteiger partial charge in [0.2, 0.25) is 5.91 Å². The van der Waals surface area contributed by atoms with Crippen LogP contribution in [0.2, 0.25) is 0 Å². The van der Waals surface area contributed by atoms with Crippen molar-refractivity contribution in [1.29, 1.82) is 0 Å². The largest absolute Gasteiger partial charge is 0.396 e. The van der Waals surface area contributed by atoms with Gasteiger partial charge in [-0.25, -0.2) is 0 Å². The lowest BCUT2D eigenvalue weighted by molar-refractivity contribution is -0.130. The second-order valence-corrected chi connectivity index (χ2v) is 3.76. The van der Waals surface area contributed by atoms with Gasteiger partial charge in [0.05, 0.1) is 0 Å². The fraction of sp³-hybridized carbons (Fsp3) is 0.889. The Morgan fingerprint density at radius 2 is 2.38 bits per heavy atom. The number of amides is 1. The molecule has 0 aromatic carbocycles. The number of halogens is 1. The lowest BCUT2D eigenvalue weighted by Gasteiger charge is -2.32. The minimum atomic E-state index is 0.0179. The molecule has 1 aliphatic heterocycles. The number of carbonyl (C=O) groups is 1. The van der Waals surface area contributed by atoms with Crippen LogP contribution in [-0.4, -0.2) is 41.5 Å². The molecule has 1 fully saturated rings. The predicted octanol–water partition coefficient (Wildman–Crippen LogP) is 0.846. The lowest BCUT2D eigenvalue weighted by atomic mass is 9.95. The molecule has 1 amide bonds. The van der Waals surface area contributed by atoms with Gasteiger partial charge in [0.15, 0.2) is 0 Å². The molecule has 3 nitrogen and oxygen atoms in total. The van der Waals surface area contributed by atoms with Gasteiger partial charge in [-0.1, -0.05) is 0 Å². The second-order valence-electron chi connectivity index (χ2n) is 3.49. The first-order valence-corrected chi connectivity index (χ1v) is 5.26. The predicted molar refractivity (Wildman–Crippen MR) is 51.7 cm³/mol. The monoisotopic (exact) mass is 205 g/mol. The third-order valence-corrected chi connectivity index (χ3v) is 2.75. The quantitative estimate of drug-likeness (QED) is 0.694. The topological polar surface area (TPSA) is 40.5 Å². The van der Waals surface area contributed by atoms with Gasteiger partial charge in [0, 0.05) is 19.7 Å². The van der Waals surface area contributed by atoms with Crippen LogP contribution in [-0.2, 0) is 4.79 Å². The van der Waals surface area contributed by atoms with Crippen molar-refractivity contribution in [3.8, 4) is 0 Å². The Morgan fingerprint density at radius 1 is 1.62 bits per heavy atom. The summed E-state index contributed by atoms with van der Waals surface area (Å²) in [6, 6.07) is 0. The summed E-state index contributed by atoms with van der Waals surface area (Å²) in [4.78, 5) is 13.1. The Hall–Kier alpha value is -0.280. The molecule has 76 valence electrons. The molecule has 0 saturated carbocycles. The maximum atomic E-state index is 11.2. The van der Waals surface area contributed by atoms with Gasteiger partial charge < -0.3 is 10.0 Å². The Balaban J connectivity index is 2.37. The number of aliphatic hydroxyl groups excluding tert-OH is 1. The number of piperidine rings is 1. The van der Waals surface area contributed by atoms with E-state index in [1.165, 1.54) is 0 Å². The molecule has 1 saturated heterocycles.